The molecule has 0 radical (unpaired) electrons. The standard InChI is InChI=1S/C12H20N2O3S2/c1-3-13-7-11-6-12(9-18-11)19(15,16)14-4-5-17-8-10(14)2/h6,9-10,13H,3-5,7-8H2,1-2H3. The predicted octanol–water partition coefficient (Wildman–Crippen LogP) is 1.27. The molecule has 1 unspecified atom stereocenters. The van der Waals surface area contributed by atoms with Gasteiger partial charge in [-0.15, -0.1) is 11.3 Å². The molecule has 5 nitrogen and oxygen atoms in total. The van der Waals surface area contributed by atoms with E-state index in [1.165, 1.54) is 15.6 Å². The van der Waals surface area contributed by atoms with E-state index in [1.807, 2.05) is 13.8 Å². The summed E-state index contributed by atoms with van der Waals surface area (Å²) in [6.07, 6.45) is 0. The molecule has 1 aromatic rings. The first kappa shape index (κ1) is 14.9. The molecule has 0 bridgehead atoms. The largest absolute Gasteiger partial charge is 0.378 e. The van der Waals surface area contributed by atoms with Crippen LogP contribution in [0.25, 0.3) is 0 Å². The average Bonchev–Trinajstić information content (AvgIpc) is 2.86. The molecule has 0 spiro atoms. The second-order valence-corrected chi connectivity index (χ2v) is 7.46. The van der Waals surface area contributed by atoms with Gasteiger partial charge in [0.2, 0.25) is 10.0 Å². The first-order valence-electron chi connectivity index (χ1n) is 6.43. The minimum Gasteiger partial charge on any atom is -0.378 e. The molecule has 1 aliphatic rings. The number of thiophene rings is 1. The van der Waals surface area contributed by atoms with Gasteiger partial charge in [0.15, 0.2) is 0 Å². The monoisotopic (exact) mass is 304 g/mol. The Balaban J connectivity index is 2.16. The van der Waals surface area contributed by atoms with E-state index in [-0.39, 0.29) is 6.04 Å². The van der Waals surface area contributed by atoms with Gasteiger partial charge in [0.05, 0.1) is 18.1 Å². The highest BCUT2D eigenvalue weighted by Gasteiger charge is 2.32. The molecular formula is C12H20N2O3S2. The van der Waals surface area contributed by atoms with Crippen LogP contribution in [0.4, 0.5) is 0 Å². The molecular weight excluding hydrogens is 284 g/mol. The summed E-state index contributed by atoms with van der Waals surface area (Å²) in [5.41, 5.74) is 0. The molecule has 1 aliphatic heterocycles. The van der Waals surface area contributed by atoms with E-state index in [0.29, 0.717) is 24.7 Å². The molecule has 2 rings (SSSR count). The number of ether oxygens (including phenoxy) is 1. The Morgan fingerprint density at radius 1 is 1.58 bits per heavy atom. The van der Waals surface area contributed by atoms with Crippen molar-refractivity contribution in [1.29, 1.82) is 0 Å². The first-order valence-corrected chi connectivity index (χ1v) is 8.75. The highest BCUT2D eigenvalue weighted by Crippen LogP contribution is 2.25. The van der Waals surface area contributed by atoms with Gasteiger partial charge in [0.1, 0.15) is 0 Å². The van der Waals surface area contributed by atoms with E-state index in [0.717, 1.165) is 18.0 Å². The van der Waals surface area contributed by atoms with Crippen LogP contribution in [0.15, 0.2) is 16.3 Å². The molecule has 0 saturated carbocycles. The van der Waals surface area contributed by atoms with Crippen molar-refractivity contribution in [3.63, 3.8) is 0 Å². The molecule has 0 aromatic carbocycles. The third kappa shape index (κ3) is 3.35. The van der Waals surface area contributed by atoms with E-state index < -0.39 is 10.0 Å². The fourth-order valence-electron chi connectivity index (χ4n) is 2.04. The van der Waals surface area contributed by atoms with Gasteiger partial charge in [0.25, 0.3) is 0 Å². The Morgan fingerprint density at radius 3 is 3.05 bits per heavy atom. The van der Waals surface area contributed by atoms with Crippen LogP contribution in [0.5, 0.6) is 0 Å². The first-order chi connectivity index (χ1) is 9.05. The number of hydrogen-bond acceptors (Lipinski definition) is 5. The van der Waals surface area contributed by atoms with E-state index in [9.17, 15) is 8.42 Å². The van der Waals surface area contributed by atoms with Crippen LogP contribution >= 0.6 is 11.3 Å². The van der Waals surface area contributed by atoms with Crippen LogP contribution in [-0.4, -0.2) is 45.1 Å². The molecule has 1 saturated heterocycles. The topological polar surface area (TPSA) is 58.6 Å². The number of morpholine rings is 1. The minimum absolute atomic E-state index is 0.101. The Bertz CT molecular complexity index is 513. The van der Waals surface area contributed by atoms with Crippen LogP contribution < -0.4 is 5.32 Å². The van der Waals surface area contributed by atoms with Crippen LogP contribution in [-0.2, 0) is 21.3 Å². The van der Waals surface area contributed by atoms with Crippen LogP contribution in [0, 0.1) is 0 Å². The third-order valence-electron chi connectivity index (χ3n) is 3.09. The molecule has 1 N–H and O–H groups in total. The summed E-state index contributed by atoms with van der Waals surface area (Å²) < 4.78 is 31.9. The zero-order valence-electron chi connectivity index (χ0n) is 11.3. The molecule has 19 heavy (non-hydrogen) atoms. The molecule has 0 amide bonds. The number of hydrogen-bond donors (Lipinski definition) is 1. The van der Waals surface area contributed by atoms with Gasteiger partial charge in [-0.25, -0.2) is 8.42 Å². The maximum atomic E-state index is 12.5. The fourth-order valence-corrected chi connectivity index (χ4v) is 4.87. The number of sulfonamides is 1. The number of rotatable bonds is 5. The smallest absolute Gasteiger partial charge is 0.244 e. The lowest BCUT2D eigenvalue weighted by Crippen LogP contribution is -2.46. The van der Waals surface area contributed by atoms with Gasteiger partial charge in [-0.05, 0) is 19.5 Å². The van der Waals surface area contributed by atoms with Crippen molar-refractivity contribution in [1.82, 2.24) is 9.62 Å². The Kier molecular flexibility index (Phi) is 4.97. The van der Waals surface area contributed by atoms with Gasteiger partial charge < -0.3 is 10.1 Å². The number of nitrogens with zero attached hydrogens (tertiary/aromatic N) is 1. The van der Waals surface area contributed by atoms with E-state index >= 15 is 0 Å². The zero-order valence-corrected chi connectivity index (χ0v) is 12.9. The lowest BCUT2D eigenvalue weighted by molar-refractivity contribution is 0.0393. The Morgan fingerprint density at radius 2 is 2.37 bits per heavy atom. The van der Waals surface area contributed by atoms with Gasteiger partial charge in [-0.1, -0.05) is 6.92 Å². The van der Waals surface area contributed by atoms with Crippen molar-refractivity contribution >= 4 is 21.4 Å². The molecule has 7 heteroatoms. The summed E-state index contributed by atoms with van der Waals surface area (Å²) in [6.45, 7) is 6.87. The fraction of sp³-hybridized carbons (Fsp3) is 0.667. The maximum absolute atomic E-state index is 12.5. The lowest BCUT2D eigenvalue weighted by atomic mass is 10.3. The summed E-state index contributed by atoms with van der Waals surface area (Å²) in [4.78, 5) is 1.44. The van der Waals surface area contributed by atoms with Crippen molar-refractivity contribution in [2.24, 2.45) is 0 Å². The third-order valence-corrected chi connectivity index (χ3v) is 6.17. The summed E-state index contributed by atoms with van der Waals surface area (Å²) in [6, 6.07) is 1.67. The molecule has 0 aliphatic carbocycles. The normalized spacial score (nSPS) is 21.7. The lowest BCUT2D eigenvalue weighted by Gasteiger charge is -2.31. The molecule has 108 valence electrons. The quantitative estimate of drug-likeness (QED) is 0.890. The predicted molar refractivity (Wildman–Crippen MR) is 75.9 cm³/mol. The maximum Gasteiger partial charge on any atom is 0.244 e. The van der Waals surface area contributed by atoms with Crippen LogP contribution in [0.3, 0.4) is 0 Å². The van der Waals surface area contributed by atoms with Crippen LogP contribution in [0.1, 0.15) is 18.7 Å². The van der Waals surface area contributed by atoms with Gasteiger partial charge >= 0.3 is 0 Å². The van der Waals surface area contributed by atoms with E-state index in [4.69, 9.17) is 4.74 Å². The minimum atomic E-state index is -3.38. The van der Waals surface area contributed by atoms with Crippen LogP contribution in [0.2, 0.25) is 0 Å². The van der Waals surface area contributed by atoms with E-state index in [1.54, 1.807) is 11.4 Å². The van der Waals surface area contributed by atoms with Crippen molar-refractivity contribution in [2.45, 2.75) is 31.3 Å². The van der Waals surface area contributed by atoms with Gasteiger partial charge in [0, 0.05) is 29.4 Å². The van der Waals surface area contributed by atoms with Crippen molar-refractivity contribution in [2.75, 3.05) is 26.3 Å². The summed E-state index contributed by atoms with van der Waals surface area (Å²) in [5.74, 6) is 0. The molecule has 2 heterocycles. The molecule has 1 aromatic heterocycles. The average molecular weight is 304 g/mol. The van der Waals surface area contributed by atoms with Crippen molar-refractivity contribution < 1.29 is 13.2 Å². The molecule has 1 fully saturated rings. The van der Waals surface area contributed by atoms with Crippen molar-refractivity contribution in [3.8, 4) is 0 Å². The number of nitrogens with one attached hydrogen (secondary N) is 1. The van der Waals surface area contributed by atoms with Gasteiger partial charge in [-0.2, -0.15) is 4.31 Å². The summed E-state index contributed by atoms with van der Waals surface area (Å²) in [5, 5.41) is 4.93. The van der Waals surface area contributed by atoms with Crippen molar-refractivity contribution in [3.05, 3.63) is 16.3 Å². The second-order valence-electron chi connectivity index (χ2n) is 4.57. The SMILES string of the molecule is CCNCc1cc(S(=O)(=O)N2CCOCC2C)cs1. The zero-order chi connectivity index (χ0) is 13.9. The van der Waals surface area contributed by atoms with E-state index in [2.05, 4.69) is 5.32 Å². The second kappa shape index (κ2) is 6.32. The summed E-state index contributed by atoms with van der Waals surface area (Å²) in [7, 11) is -3.38. The highest BCUT2D eigenvalue weighted by molar-refractivity contribution is 7.89. The Labute approximate surface area is 118 Å². The summed E-state index contributed by atoms with van der Waals surface area (Å²) >= 11 is 1.48. The van der Waals surface area contributed by atoms with Gasteiger partial charge in [-0.3, -0.25) is 0 Å². The molecule has 1 atom stereocenters. The Hall–Kier alpha value is -0.470. The highest BCUT2D eigenvalue weighted by atomic mass is 32.2.